The van der Waals surface area contributed by atoms with E-state index in [0.29, 0.717) is 24.2 Å². The van der Waals surface area contributed by atoms with Gasteiger partial charge in [-0.3, -0.25) is 9.48 Å². The summed E-state index contributed by atoms with van der Waals surface area (Å²) in [5.74, 6) is 0.155. The molecule has 0 radical (unpaired) electrons. The largest absolute Gasteiger partial charge is 0.368 e. The fourth-order valence-corrected chi connectivity index (χ4v) is 3.34. The lowest BCUT2D eigenvalue weighted by Crippen LogP contribution is -2.46. The predicted molar refractivity (Wildman–Crippen MR) is 92.5 cm³/mol. The molecule has 8 heteroatoms. The van der Waals surface area contributed by atoms with Crippen LogP contribution in [0.15, 0.2) is 12.4 Å². The standard InChI is InChI=1S/C16H28N6O2/c1-21(2)14(12-6-4-3-5-7-12)9-18-16(24)20-13-8-19-22(10-13)11-15(17)23/h8,10,12,14H,3-7,9,11H2,1-2H3,(H2,17,23)(H2,18,20,24)/t14-/m1/s1. The molecule has 3 amide bonds. The van der Waals surface area contributed by atoms with Crippen LogP contribution in [0.2, 0.25) is 0 Å². The summed E-state index contributed by atoms with van der Waals surface area (Å²) in [6, 6.07) is 0.0740. The highest BCUT2D eigenvalue weighted by molar-refractivity contribution is 5.88. The molecule has 1 aromatic rings. The van der Waals surface area contributed by atoms with Crippen LogP contribution in [0.3, 0.4) is 0 Å². The van der Waals surface area contributed by atoms with Crippen molar-refractivity contribution in [2.24, 2.45) is 11.7 Å². The Balaban J connectivity index is 1.82. The summed E-state index contributed by atoms with van der Waals surface area (Å²) < 4.78 is 1.39. The third-order valence-corrected chi connectivity index (χ3v) is 4.54. The molecule has 0 saturated heterocycles. The Morgan fingerprint density at radius 3 is 2.71 bits per heavy atom. The average molecular weight is 336 g/mol. The van der Waals surface area contributed by atoms with Gasteiger partial charge in [-0.15, -0.1) is 0 Å². The zero-order valence-corrected chi connectivity index (χ0v) is 14.5. The molecule has 1 atom stereocenters. The summed E-state index contributed by atoms with van der Waals surface area (Å²) in [7, 11) is 4.12. The number of nitrogens with two attached hydrogens (primary N) is 1. The van der Waals surface area contributed by atoms with Gasteiger partial charge in [-0.2, -0.15) is 5.10 Å². The van der Waals surface area contributed by atoms with Crippen LogP contribution in [-0.2, 0) is 11.3 Å². The quantitative estimate of drug-likeness (QED) is 0.691. The van der Waals surface area contributed by atoms with E-state index in [9.17, 15) is 9.59 Å². The van der Waals surface area contributed by atoms with Crippen LogP contribution in [0, 0.1) is 5.92 Å². The third kappa shape index (κ3) is 5.52. The number of aromatic nitrogens is 2. The van der Waals surface area contributed by atoms with Gasteiger partial charge in [0.05, 0.1) is 11.9 Å². The molecule has 0 aliphatic heterocycles. The molecule has 24 heavy (non-hydrogen) atoms. The van der Waals surface area contributed by atoms with Crippen molar-refractivity contribution in [3.63, 3.8) is 0 Å². The zero-order chi connectivity index (χ0) is 17.5. The lowest BCUT2D eigenvalue weighted by atomic mass is 9.83. The Kier molecular flexibility index (Phi) is 6.60. The van der Waals surface area contributed by atoms with Crippen molar-refractivity contribution < 1.29 is 9.59 Å². The first-order valence-corrected chi connectivity index (χ1v) is 8.47. The first-order chi connectivity index (χ1) is 11.5. The maximum Gasteiger partial charge on any atom is 0.319 e. The summed E-state index contributed by atoms with van der Waals surface area (Å²) in [6.45, 7) is 0.604. The minimum Gasteiger partial charge on any atom is -0.368 e. The van der Waals surface area contributed by atoms with Gasteiger partial charge in [0.2, 0.25) is 5.91 Å². The van der Waals surface area contributed by atoms with Crippen LogP contribution in [0.4, 0.5) is 10.5 Å². The number of rotatable bonds is 7. The van der Waals surface area contributed by atoms with Gasteiger partial charge >= 0.3 is 6.03 Å². The topological polar surface area (TPSA) is 105 Å². The molecular weight excluding hydrogens is 308 g/mol. The maximum atomic E-state index is 12.1. The number of anilines is 1. The van der Waals surface area contributed by atoms with Crippen molar-refractivity contribution >= 4 is 17.6 Å². The van der Waals surface area contributed by atoms with E-state index in [1.807, 2.05) is 0 Å². The number of carbonyl (C=O) groups excluding carboxylic acids is 2. The van der Waals surface area contributed by atoms with Gasteiger partial charge in [0, 0.05) is 18.8 Å². The average Bonchev–Trinajstić information content (AvgIpc) is 2.94. The number of likely N-dealkylation sites (N-methyl/N-ethyl adjacent to an activating group) is 1. The molecule has 0 aromatic carbocycles. The van der Waals surface area contributed by atoms with Crippen molar-refractivity contribution in [2.75, 3.05) is 26.0 Å². The van der Waals surface area contributed by atoms with E-state index < -0.39 is 5.91 Å². The van der Waals surface area contributed by atoms with Crippen molar-refractivity contribution in [1.82, 2.24) is 20.0 Å². The maximum absolute atomic E-state index is 12.1. The third-order valence-electron chi connectivity index (χ3n) is 4.54. The molecule has 1 aliphatic rings. The smallest absolute Gasteiger partial charge is 0.319 e. The van der Waals surface area contributed by atoms with E-state index in [0.717, 1.165) is 0 Å². The number of hydrogen-bond acceptors (Lipinski definition) is 4. The fraction of sp³-hybridized carbons (Fsp3) is 0.688. The highest BCUT2D eigenvalue weighted by Gasteiger charge is 2.25. The number of urea groups is 1. The number of hydrogen-bond donors (Lipinski definition) is 3. The number of carbonyl (C=O) groups is 2. The molecule has 1 fully saturated rings. The number of nitrogens with one attached hydrogen (secondary N) is 2. The summed E-state index contributed by atoms with van der Waals surface area (Å²) in [6.07, 6.45) is 9.40. The van der Waals surface area contributed by atoms with Crippen molar-refractivity contribution in [2.45, 2.75) is 44.7 Å². The van der Waals surface area contributed by atoms with E-state index in [-0.39, 0.29) is 12.6 Å². The van der Waals surface area contributed by atoms with E-state index in [4.69, 9.17) is 5.73 Å². The van der Waals surface area contributed by atoms with Crippen LogP contribution in [0.5, 0.6) is 0 Å². The molecule has 1 heterocycles. The first-order valence-electron chi connectivity index (χ1n) is 8.47. The lowest BCUT2D eigenvalue weighted by Gasteiger charge is -2.34. The molecule has 0 unspecified atom stereocenters. The van der Waals surface area contributed by atoms with Gasteiger partial charge in [-0.25, -0.2) is 4.79 Å². The number of primary amides is 1. The Hall–Kier alpha value is -2.09. The molecule has 1 aliphatic carbocycles. The fourth-order valence-electron chi connectivity index (χ4n) is 3.34. The predicted octanol–water partition coefficient (Wildman–Crippen LogP) is 1.00. The summed E-state index contributed by atoms with van der Waals surface area (Å²) in [5, 5.41) is 9.64. The summed E-state index contributed by atoms with van der Waals surface area (Å²) >= 11 is 0. The van der Waals surface area contributed by atoms with Crippen molar-refractivity contribution in [1.29, 1.82) is 0 Å². The zero-order valence-electron chi connectivity index (χ0n) is 14.5. The molecule has 0 bridgehead atoms. The Bertz CT molecular complexity index is 551. The Labute approximate surface area is 142 Å². The molecule has 8 nitrogen and oxygen atoms in total. The summed E-state index contributed by atoms with van der Waals surface area (Å²) in [4.78, 5) is 25.1. The first kappa shape index (κ1) is 18.3. The second-order valence-corrected chi connectivity index (χ2v) is 6.66. The highest BCUT2D eigenvalue weighted by atomic mass is 16.2. The van der Waals surface area contributed by atoms with Crippen LogP contribution in [0.1, 0.15) is 32.1 Å². The molecule has 0 spiro atoms. The molecule has 1 aromatic heterocycles. The van der Waals surface area contributed by atoms with E-state index >= 15 is 0 Å². The van der Waals surface area contributed by atoms with Gasteiger partial charge in [-0.05, 0) is 32.9 Å². The van der Waals surface area contributed by atoms with Gasteiger partial charge in [0.25, 0.3) is 0 Å². The van der Waals surface area contributed by atoms with Gasteiger partial charge < -0.3 is 21.3 Å². The Morgan fingerprint density at radius 1 is 1.38 bits per heavy atom. The molecule has 134 valence electrons. The van der Waals surface area contributed by atoms with Crippen LogP contribution in [0.25, 0.3) is 0 Å². The minimum absolute atomic E-state index is 0.00627. The highest BCUT2D eigenvalue weighted by Crippen LogP contribution is 2.28. The van der Waals surface area contributed by atoms with Crippen LogP contribution < -0.4 is 16.4 Å². The lowest BCUT2D eigenvalue weighted by molar-refractivity contribution is -0.118. The molecule has 1 saturated carbocycles. The molecule has 4 N–H and O–H groups in total. The monoisotopic (exact) mass is 336 g/mol. The van der Waals surface area contributed by atoms with Crippen molar-refractivity contribution in [3.05, 3.63) is 12.4 Å². The van der Waals surface area contributed by atoms with Gasteiger partial charge in [-0.1, -0.05) is 19.3 Å². The second kappa shape index (κ2) is 8.68. The van der Waals surface area contributed by atoms with Crippen LogP contribution >= 0.6 is 0 Å². The van der Waals surface area contributed by atoms with Gasteiger partial charge in [0.15, 0.2) is 0 Å². The second-order valence-electron chi connectivity index (χ2n) is 6.66. The Morgan fingerprint density at radius 2 is 2.08 bits per heavy atom. The molecular formula is C16H28N6O2. The SMILES string of the molecule is CN(C)[C@H](CNC(=O)Nc1cnn(CC(N)=O)c1)C1CCCCC1. The van der Waals surface area contributed by atoms with E-state index in [1.54, 1.807) is 6.20 Å². The normalized spacial score (nSPS) is 16.8. The molecule has 2 rings (SSSR count). The van der Waals surface area contributed by atoms with E-state index in [2.05, 4.69) is 34.7 Å². The number of nitrogens with zero attached hydrogens (tertiary/aromatic N) is 3. The van der Waals surface area contributed by atoms with Gasteiger partial charge in [0.1, 0.15) is 6.54 Å². The van der Waals surface area contributed by atoms with E-state index in [1.165, 1.54) is 43.0 Å². The number of amides is 3. The van der Waals surface area contributed by atoms with Crippen LogP contribution in [-0.4, -0.2) is 53.3 Å². The summed E-state index contributed by atoms with van der Waals surface area (Å²) in [5.41, 5.74) is 5.65. The van der Waals surface area contributed by atoms with Crippen molar-refractivity contribution in [3.8, 4) is 0 Å². The minimum atomic E-state index is -0.476.